The second kappa shape index (κ2) is 26.0. The van der Waals surface area contributed by atoms with Gasteiger partial charge in [-0.2, -0.15) is 10.2 Å². The SMILES string of the molecule is COC(=O)/C=C/c1ccc(C)cc1.Cc1ccc(/C=C/C(=O)c2ccc(C)cc2)cc1.Cc1ccc(/C=C/c2ccc(C)cc2)cc1.Cc1ccc(N=Nc2ccc(C)cc2)cc1. The van der Waals surface area contributed by atoms with Gasteiger partial charge < -0.3 is 4.74 Å². The number of carbonyl (C=O) groups excluding carboxylic acids is 2. The van der Waals surface area contributed by atoms with Crippen LogP contribution in [-0.2, 0) is 9.53 Å². The molecular weight excluding hydrogens is 773 g/mol. The molecule has 0 bridgehead atoms. The number of azo groups is 1. The number of allylic oxidation sites excluding steroid dienone is 1. The third-order valence-electron chi connectivity index (χ3n) is 9.50. The molecule has 0 spiro atoms. The Labute approximate surface area is 374 Å². The topological polar surface area (TPSA) is 68.1 Å². The normalized spacial score (nSPS) is 10.7. The van der Waals surface area contributed by atoms with E-state index in [1.165, 1.54) is 57.7 Å². The van der Waals surface area contributed by atoms with Crippen LogP contribution in [0.3, 0.4) is 0 Å². The van der Waals surface area contributed by atoms with Gasteiger partial charge in [-0.25, -0.2) is 4.79 Å². The minimum atomic E-state index is -0.333. The maximum Gasteiger partial charge on any atom is 0.330 e. The highest BCUT2D eigenvalue weighted by Gasteiger charge is 2.00. The highest BCUT2D eigenvalue weighted by molar-refractivity contribution is 6.06. The van der Waals surface area contributed by atoms with E-state index in [2.05, 4.69) is 103 Å². The highest BCUT2D eigenvalue weighted by Crippen LogP contribution is 2.19. The molecule has 0 fully saturated rings. The van der Waals surface area contributed by atoms with Gasteiger partial charge in [-0.05, 0) is 107 Å². The smallest absolute Gasteiger partial charge is 0.330 e. The van der Waals surface area contributed by atoms with E-state index in [-0.39, 0.29) is 11.8 Å². The molecule has 0 saturated carbocycles. The number of nitrogens with zero attached hydrogens (tertiary/aromatic N) is 2. The minimum Gasteiger partial charge on any atom is -0.466 e. The minimum absolute atomic E-state index is 0.0376. The Kier molecular flexibility index (Phi) is 19.9. The molecule has 0 radical (unpaired) electrons. The molecule has 0 aliphatic heterocycles. The largest absolute Gasteiger partial charge is 0.466 e. The van der Waals surface area contributed by atoms with Crippen molar-refractivity contribution in [2.24, 2.45) is 10.2 Å². The molecule has 63 heavy (non-hydrogen) atoms. The Morgan fingerprint density at radius 1 is 0.349 bits per heavy atom. The molecule has 0 aliphatic rings. The summed E-state index contributed by atoms with van der Waals surface area (Å²) in [4.78, 5) is 22.7. The van der Waals surface area contributed by atoms with Gasteiger partial charge in [0.1, 0.15) is 0 Å². The first-order chi connectivity index (χ1) is 30.3. The number of esters is 1. The van der Waals surface area contributed by atoms with Crippen molar-refractivity contribution in [1.82, 2.24) is 0 Å². The van der Waals surface area contributed by atoms with Gasteiger partial charge in [-0.1, -0.05) is 203 Å². The lowest BCUT2D eigenvalue weighted by Crippen LogP contribution is -1.93. The number of hydrogen-bond donors (Lipinski definition) is 0. The summed E-state index contributed by atoms with van der Waals surface area (Å²) in [6, 6.07) is 56.7. The van der Waals surface area contributed by atoms with E-state index < -0.39 is 0 Å². The van der Waals surface area contributed by atoms with Crippen LogP contribution in [-0.4, -0.2) is 18.9 Å². The van der Waals surface area contributed by atoms with Gasteiger partial charge in [0.15, 0.2) is 5.78 Å². The summed E-state index contributed by atoms with van der Waals surface area (Å²) >= 11 is 0. The zero-order valence-corrected chi connectivity index (χ0v) is 37.7. The molecule has 7 aromatic carbocycles. The number of rotatable bonds is 9. The monoisotopic (exact) mass is 830 g/mol. The Morgan fingerprint density at radius 2 is 0.603 bits per heavy atom. The fourth-order valence-electron chi connectivity index (χ4n) is 5.46. The van der Waals surface area contributed by atoms with Gasteiger partial charge in [0.2, 0.25) is 0 Å². The Morgan fingerprint density at radius 3 is 0.905 bits per heavy atom. The summed E-state index contributed by atoms with van der Waals surface area (Å²) in [6.07, 6.45) is 10.9. The molecule has 0 saturated heterocycles. The summed E-state index contributed by atoms with van der Waals surface area (Å²) in [5.41, 5.74) is 15.7. The number of hydrogen-bond acceptors (Lipinski definition) is 5. The standard InChI is InChI=1S/C17H16O.C16H16.C14H14N2.C11H12O2/c1-13-3-7-15(8-4-13)9-12-17(18)16-10-5-14(2)6-11-16;1-13-3-7-15(8-4-13)11-12-16-9-5-14(2)6-10-16;1-11-3-7-13(8-4-11)15-16-14-9-5-12(2)6-10-14;1-9-3-5-10(6-4-9)7-8-11(12)13-2/h3-12H,1-2H3;3-12H,1-2H3;3-10H,1-2H3;3-8H,1-2H3/b12-9+;12-11+;;8-7+. The van der Waals surface area contributed by atoms with Crippen molar-refractivity contribution in [2.75, 3.05) is 7.11 Å². The molecule has 7 aromatic rings. The predicted octanol–water partition coefficient (Wildman–Crippen LogP) is 15.6. The molecule has 0 heterocycles. The van der Waals surface area contributed by atoms with Crippen LogP contribution in [0.5, 0.6) is 0 Å². The summed E-state index contributed by atoms with van der Waals surface area (Å²) in [6.45, 7) is 14.4. The van der Waals surface area contributed by atoms with Crippen molar-refractivity contribution in [3.05, 3.63) is 249 Å². The van der Waals surface area contributed by atoms with Crippen molar-refractivity contribution in [1.29, 1.82) is 0 Å². The van der Waals surface area contributed by atoms with Gasteiger partial charge in [0, 0.05) is 11.6 Å². The van der Waals surface area contributed by atoms with Gasteiger partial charge in [-0.15, -0.1) is 0 Å². The van der Waals surface area contributed by atoms with E-state index in [0.29, 0.717) is 0 Å². The number of aryl methyl sites for hydroxylation is 7. The van der Waals surface area contributed by atoms with Crippen LogP contribution in [0.2, 0.25) is 0 Å². The van der Waals surface area contributed by atoms with E-state index in [1.54, 1.807) is 12.2 Å². The van der Waals surface area contributed by atoms with Gasteiger partial charge >= 0.3 is 5.97 Å². The second-order valence-corrected chi connectivity index (χ2v) is 15.3. The number of ether oxygens (including phenoxy) is 1. The van der Waals surface area contributed by atoms with Crippen molar-refractivity contribution in [3.63, 3.8) is 0 Å². The van der Waals surface area contributed by atoms with Crippen molar-refractivity contribution >= 4 is 47.4 Å². The van der Waals surface area contributed by atoms with E-state index in [1.807, 2.05) is 148 Å². The van der Waals surface area contributed by atoms with Crippen molar-refractivity contribution in [2.45, 2.75) is 48.5 Å². The molecule has 0 N–H and O–H groups in total. The van der Waals surface area contributed by atoms with Crippen molar-refractivity contribution in [3.8, 4) is 0 Å². The third-order valence-corrected chi connectivity index (χ3v) is 9.50. The first-order valence-corrected chi connectivity index (χ1v) is 20.9. The van der Waals surface area contributed by atoms with E-state index in [0.717, 1.165) is 33.6 Å². The second-order valence-electron chi connectivity index (χ2n) is 15.3. The Balaban J connectivity index is 0.000000186. The lowest BCUT2D eigenvalue weighted by atomic mass is 10.1. The number of methoxy groups -OCH3 is 1. The van der Waals surface area contributed by atoms with Crippen LogP contribution in [0, 0.1) is 48.5 Å². The lowest BCUT2D eigenvalue weighted by molar-refractivity contribution is -0.134. The van der Waals surface area contributed by atoms with E-state index in [9.17, 15) is 9.59 Å². The summed E-state index contributed by atoms with van der Waals surface area (Å²) < 4.78 is 4.47. The zero-order valence-electron chi connectivity index (χ0n) is 37.7. The van der Waals surface area contributed by atoms with E-state index in [4.69, 9.17) is 0 Å². The molecule has 0 aromatic heterocycles. The Hall–Kier alpha value is -7.50. The quantitative estimate of drug-likeness (QED) is 0.0478. The number of ketones is 1. The average Bonchev–Trinajstić information content (AvgIpc) is 3.30. The molecule has 0 atom stereocenters. The van der Waals surface area contributed by atoms with Crippen LogP contribution in [0.25, 0.3) is 24.3 Å². The average molecular weight is 831 g/mol. The molecule has 5 nitrogen and oxygen atoms in total. The van der Waals surface area contributed by atoms with E-state index >= 15 is 0 Å². The highest BCUT2D eigenvalue weighted by atomic mass is 16.5. The van der Waals surface area contributed by atoms with Gasteiger partial charge in [0.05, 0.1) is 18.5 Å². The van der Waals surface area contributed by atoms with Crippen LogP contribution in [0.15, 0.2) is 192 Å². The molecule has 318 valence electrons. The fraction of sp³-hybridized carbons (Fsp3) is 0.138. The maximum atomic E-state index is 11.9. The first-order valence-electron chi connectivity index (χ1n) is 20.9. The molecule has 5 heteroatoms. The maximum absolute atomic E-state index is 11.9. The van der Waals surface area contributed by atoms with Crippen LogP contribution in [0.1, 0.15) is 71.6 Å². The molecule has 0 aliphatic carbocycles. The lowest BCUT2D eigenvalue weighted by Gasteiger charge is -1.97. The summed E-state index contributed by atoms with van der Waals surface area (Å²) in [5.74, 6) is -0.295. The third kappa shape index (κ3) is 19.2. The number of carbonyl (C=O) groups is 2. The fourth-order valence-corrected chi connectivity index (χ4v) is 5.46. The summed E-state index contributed by atoms with van der Waals surface area (Å²) in [5, 5.41) is 8.34. The van der Waals surface area contributed by atoms with Crippen LogP contribution >= 0.6 is 0 Å². The van der Waals surface area contributed by atoms with Gasteiger partial charge in [0.25, 0.3) is 0 Å². The zero-order chi connectivity index (χ0) is 45.4. The summed E-state index contributed by atoms with van der Waals surface area (Å²) in [7, 11) is 1.36. The first kappa shape index (κ1) is 48.2. The predicted molar refractivity (Wildman–Crippen MR) is 266 cm³/mol. The van der Waals surface area contributed by atoms with Crippen LogP contribution in [0.4, 0.5) is 11.4 Å². The van der Waals surface area contributed by atoms with Crippen molar-refractivity contribution < 1.29 is 14.3 Å². The molecule has 0 unspecified atom stereocenters. The molecule has 7 rings (SSSR count). The van der Waals surface area contributed by atoms with Crippen LogP contribution < -0.4 is 0 Å². The van der Waals surface area contributed by atoms with Gasteiger partial charge in [-0.3, -0.25) is 4.79 Å². The molecular formula is C58H58N2O3. The number of benzene rings is 7. The Bertz CT molecular complexity index is 2370. The molecule has 0 amide bonds.